The fraction of sp³-hybridized carbons (Fsp3) is 0.154. The minimum absolute atomic E-state index is 0.0653. The molecule has 0 saturated heterocycles. The molecule has 0 saturated carbocycles. The topological polar surface area (TPSA) is 55.6 Å². The summed E-state index contributed by atoms with van der Waals surface area (Å²) < 4.78 is 15.5. The average Bonchev–Trinajstić information content (AvgIpc) is 2.68. The Morgan fingerprint density at radius 1 is 1.24 bits per heavy atom. The monoisotopic (exact) mass is 325 g/mol. The van der Waals surface area contributed by atoms with E-state index in [0.29, 0.717) is 21.9 Å². The van der Waals surface area contributed by atoms with Crippen LogP contribution in [0.4, 0.5) is 15.9 Å². The largest absolute Gasteiger partial charge is 0.336 e. The van der Waals surface area contributed by atoms with Crippen LogP contribution in [0, 0.1) is 12.7 Å². The first kappa shape index (κ1) is 14.0. The Kier molecular flexibility index (Phi) is 3.43. The number of hydrogen-bond acceptors (Lipinski definition) is 4. The van der Waals surface area contributed by atoms with Gasteiger partial charge in [-0.2, -0.15) is 10.1 Å². The Balaban J connectivity index is 2.16. The SMILES string of the molecule is Cc1nn(C)c2c(Nc3ccc(Cl)cc3F)nc(Cl)nc12. The van der Waals surface area contributed by atoms with Gasteiger partial charge in [0.25, 0.3) is 0 Å². The van der Waals surface area contributed by atoms with E-state index >= 15 is 0 Å². The lowest BCUT2D eigenvalue weighted by Crippen LogP contribution is -2.01. The Bertz CT molecular complexity index is 846. The summed E-state index contributed by atoms with van der Waals surface area (Å²) in [5.74, 6) is -0.0985. The van der Waals surface area contributed by atoms with Gasteiger partial charge in [-0.05, 0) is 36.7 Å². The second-order valence-electron chi connectivity index (χ2n) is 4.50. The van der Waals surface area contributed by atoms with Crippen molar-refractivity contribution < 1.29 is 4.39 Å². The predicted molar refractivity (Wildman–Crippen MR) is 80.7 cm³/mol. The van der Waals surface area contributed by atoms with Crippen molar-refractivity contribution >= 4 is 45.7 Å². The van der Waals surface area contributed by atoms with Crippen LogP contribution < -0.4 is 5.32 Å². The Hall–Kier alpha value is -1.92. The third-order valence-corrected chi connectivity index (χ3v) is 3.41. The molecule has 5 nitrogen and oxygen atoms in total. The minimum atomic E-state index is -0.482. The van der Waals surface area contributed by atoms with Gasteiger partial charge >= 0.3 is 0 Å². The number of anilines is 2. The highest BCUT2D eigenvalue weighted by molar-refractivity contribution is 6.30. The molecule has 0 radical (unpaired) electrons. The molecule has 2 heterocycles. The highest BCUT2D eigenvalue weighted by atomic mass is 35.5. The van der Waals surface area contributed by atoms with Gasteiger partial charge in [-0.15, -0.1) is 0 Å². The van der Waals surface area contributed by atoms with Gasteiger partial charge in [0.2, 0.25) is 5.28 Å². The fourth-order valence-corrected chi connectivity index (χ4v) is 2.44. The standard InChI is InChI=1S/C13H10Cl2FN5/c1-6-10-11(21(2)20-6)12(19-13(15)18-10)17-9-4-3-7(14)5-8(9)16/h3-5H,1-2H3,(H,17,18,19). The van der Waals surface area contributed by atoms with Crippen molar-refractivity contribution in [3.05, 3.63) is 40.0 Å². The molecule has 108 valence electrons. The summed E-state index contributed by atoms with van der Waals surface area (Å²) in [6.45, 7) is 1.82. The van der Waals surface area contributed by atoms with Crippen molar-refractivity contribution in [2.75, 3.05) is 5.32 Å². The summed E-state index contributed by atoms with van der Waals surface area (Å²) in [7, 11) is 1.76. The highest BCUT2D eigenvalue weighted by Crippen LogP contribution is 2.28. The van der Waals surface area contributed by atoms with Crippen LogP contribution in [0.3, 0.4) is 0 Å². The first-order valence-corrected chi connectivity index (χ1v) is 6.80. The van der Waals surface area contributed by atoms with E-state index < -0.39 is 5.82 Å². The Morgan fingerprint density at radius 2 is 2.00 bits per heavy atom. The molecule has 0 atom stereocenters. The van der Waals surface area contributed by atoms with E-state index in [-0.39, 0.29) is 11.0 Å². The number of hydrogen-bond donors (Lipinski definition) is 1. The van der Waals surface area contributed by atoms with Crippen LogP contribution in [0.1, 0.15) is 5.69 Å². The van der Waals surface area contributed by atoms with E-state index in [0.717, 1.165) is 5.69 Å². The van der Waals surface area contributed by atoms with Gasteiger partial charge in [-0.25, -0.2) is 9.37 Å². The van der Waals surface area contributed by atoms with Crippen molar-refractivity contribution in [2.45, 2.75) is 6.92 Å². The highest BCUT2D eigenvalue weighted by Gasteiger charge is 2.15. The van der Waals surface area contributed by atoms with Crippen LogP contribution in [0.25, 0.3) is 11.0 Å². The minimum Gasteiger partial charge on any atom is -0.336 e. The molecule has 0 bridgehead atoms. The first-order chi connectivity index (χ1) is 9.95. The summed E-state index contributed by atoms with van der Waals surface area (Å²) in [6.07, 6.45) is 0. The number of benzene rings is 1. The zero-order chi connectivity index (χ0) is 15.1. The Labute approximate surface area is 129 Å². The van der Waals surface area contributed by atoms with Crippen molar-refractivity contribution in [3.8, 4) is 0 Å². The van der Waals surface area contributed by atoms with Crippen LogP contribution in [0.5, 0.6) is 0 Å². The third-order valence-electron chi connectivity index (χ3n) is 3.01. The average molecular weight is 326 g/mol. The predicted octanol–water partition coefficient (Wildman–Crippen LogP) is 3.86. The molecule has 0 aliphatic heterocycles. The van der Waals surface area contributed by atoms with E-state index in [4.69, 9.17) is 23.2 Å². The molecule has 0 unspecified atom stereocenters. The van der Waals surface area contributed by atoms with Crippen LogP contribution in [-0.2, 0) is 7.05 Å². The van der Waals surface area contributed by atoms with Gasteiger partial charge in [-0.3, -0.25) is 4.68 Å². The molecule has 1 aromatic carbocycles. The lowest BCUT2D eigenvalue weighted by Gasteiger charge is -2.09. The van der Waals surface area contributed by atoms with Gasteiger partial charge in [-0.1, -0.05) is 11.6 Å². The molecule has 0 aliphatic carbocycles. The zero-order valence-electron chi connectivity index (χ0n) is 11.2. The molecular weight excluding hydrogens is 316 g/mol. The van der Waals surface area contributed by atoms with Gasteiger partial charge in [0.1, 0.15) is 16.9 Å². The number of rotatable bonds is 2. The van der Waals surface area contributed by atoms with Gasteiger partial charge in [0, 0.05) is 12.1 Å². The third kappa shape index (κ3) is 2.52. The number of aromatic nitrogens is 4. The molecule has 0 aliphatic rings. The number of nitrogens with one attached hydrogen (secondary N) is 1. The van der Waals surface area contributed by atoms with E-state index in [2.05, 4.69) is 20.4 Å². The van der Waals surface area contributed by atoms with E-state index in [1.807, 2.05) is 6.92 Å². The first-order valence-electron chi connectivity index (χ1n) is 6.04. The Morgan fingerprint density at radius 3 is 2.71 bits per heavy atom. The van der Waals surface area contributed by atoms with E-state index in [1.165, 1.54) is 12.1 Å². The summed E-state index contributed by atoms with van der Waals surface area (Å²) in [5.41, 5.74) is 2.23. The second kappa shape index (κ2) is 5.13. The zero-order valence-corrected chi connectivity index (χ0v) is 12.7. The normalized spacial score (nSPS) is 11.1. The maximum absolute atomic E-state index is 13.9. The van der Waals surface area contributed by atoms with E-state index in [1.54, 1.807) is 17.8 Å². The molecule has 2 aromatic heterocycles. The molecule has 21 heavy (non-hydrogen) atoms. The lowest BCUT2D eigenvalue weighted by atomic mass is 10.3. The van der Waals surface area contributed by atoms with Crippen LogP contribution in [0.2, 0.25) is 10.3 Å². The molecular formula is C13H10Cl2FN5. The van der Waals surface area contributed by atoms with Crippen molar-refractivity contribution in [3.63, 3.8) is 0 Å². The fourth-order valence-electron chi connectivity index (χ4n) is 2.11. The summed E-state index contributed by atoms with van der Waals surface area (Å²) in [6, 6.07) is 4.34. The molecule has 8 heteroatoms. The molecule has 1 N–H and O–H groups in total. The molecule has 3 aromatic rings. The quantitative estimate of drug-likeness (QED) is 0.727. The molecule has 3 rings (SSSR count). The summed E-state index contributed by atoms with van der Waals surface area (Å²) >= 11 is 11.7. The summed E-state index contributed by atoms with van der Waals surface area (Å²) in [4.78, 5) is 8.27. The molecule has 0 spiro atoms. The lowest BCUT2D eigenvalue weighted by molar-refractivity contribution is 0.632. The second-order valence-corrected chi connectivity index (χ2v) is 5.27. The van der Waals surface area contributed by atoms with Crippen LogP contribution >= 0.6 is 23.2 Å². The smallest absolute Gasteiger partial charge is 0.225 e. The molecule has 0 fully saturated rings. The maximum Gasteiger partial charge on any atom is 0.225 e. The van der Waals surface area contributed by atoms with Gasteiger partial charge in [0.05, 0.1) is 11.4 Å². The number of nitrogens with zero attached hydrogens (tertiary/aromatic N) is 4. The number of fused-ring (bicyclic) bond motifs is 1. The van der Waals surface area contributed by atoms with Gasteiger partial charge < -0.3 is 5.32 Å². The number of aryl methyl sites for hydroxylation is 2. The summed E-state index contributed by atoms with van der Waals surface area (Å²) in [5, 5.41) is 7.56. The van der Waals surface area contributed by atoms with Crippen molar-refractivity contribution in [2.24, 2.45) is 7.05 Å². The van der Waals surface area contributed by atoms with E-state index in [9.17, 15) is 4.39 Å². The van der Waals surface area contributed by atoms with Crippen molar-refractivity contribution in [1.82, 2.24) is 19.7 Å². The van der Waals surface area contributed by atoms with Crippen LogP contribution in [-0.4, -0.2) is 19.7 Å². The van der Waals surface area contributed by atoms with Crippen LogP contribution in [0.15, 0.2) is 18.2 Å². The number of halogens is 3. The maximum atomic E-state index is 13.9. The molecule has 0 amide bonds. The van der Waals surface area contributed by atoms with Gasteiger partial charge in [0.15, 0.2) is 5.82 Å². The van der Waals surface area contributed by atoms with Crippen molar-refractivity contribution in [1.29, 1.82) is 0 Å².